The van der Waals surface area contributed by atoms with Crippen LogP contribution < -0.4 is 5.56 Å². The van der Waals surface area contributed by atoms with Crippen LogP contribution in [0.25, 0.3) is 21.3 Å². The summed E-state index contributed by atoms with van der Waals surface area (Å²) in [4.78, 5) is 21.9. The predicted octanol–water partition coefficient (Wildman–Crippen LogP) is 4.63. The highest BCUT2D eigenvalue weighted by Crippen LogP contribution is 2.35. The molecule has 0 atom stereocenters. The fourth-order valence-corrected chi connectivity index (χ4v) is 4.12. The molecule has 3 aromatic rings. The molecule has 0 unspecified atom stereocenters. The molecule has 0 fully saturated rings. The van der Waals surface area contributed by atoms with E-state index in [2.05, 4.69) is 16.5 Å². The van der Waals surface area contributed by atoms with Gasteiger partial charge in [-0.2, -0.15) is 0 Å². The monoisotopic (exact) mass is 328 g/mol. The summed E-state index contributed by atoms with van der Waals surface area (Å²) in [6.45, 7) is 7.88. The number of aromatic amines is 1. The summed E-state index contributed by atoms with van der Waals surface area (Å²) in [5.41, 5.74) is 3.03. The summed E-state index contributed by atoms with van der Waals surface area (Å²) in [5, 5.41) is 1.34. The number of nitrogens with zero attached hydrogens (tertiary/aromatic N) is 1. The summed E-state index contributed by atoms with van der Waals surface area (Å²) < 4.78 is 0. The standard InChI is InChI=1S/C17H16N2OS2/c1-10(2)9-21-17-18-15(20)14-13(11(3)22-16(14)19-17)12-7-5-4-6-8-12/h4-8H,1,9H2,2-3H3,(H,18,19,20). The van der Waals surface area contributed by atoms with Gasteiger partial charge in [-0.3, -0.25) is 4.79 Å². The van der Waals surface area contributed by atoms with Crippen molar-refractivity contribution in [2.24, 2.45) is 0 Å². The largest absolute Gasteiger partial charge is 0.301 e. The summed E-state index contributed by atoms with van der Waals surface area (Å²) in [5.74, 6) is 0.754. The van der Waals surface area contributed by atoms with Crippen LogP contribution in [0.5, 0.6) is 0 Å². The van der Waals surface area contributed by atoms with E-state index in [-0.39, 0.29) is 5.56 Å². The molecule has 0 saturated carbocycles. The Morgan fingerprint density at radius 3 is 2.77 bits per heavy atom. The van der Waals surface area contributed by atoms with Crippen molar-refractivity contribution in [3.8, 4) is 11.1 Å². The fourth-order valence-electron chi connectivity index (χ4n) is 2.31. The molecular weight excluding hydrogens is 312 g/mol. The molecule has 0 aliphatic heterocycles. The van der Waals surface area contributed by atoms with Crippen LogP contribution in [-0.2, 0) is 0 Å². The summed E-state index contributed by atoms with van der Waals surface area (Å²) in [7, 11) is 0. The minimum Gasteiger partial charge on any atom is -0.301 e. The maximum atomic E-state index is 12.5. The molecule has 0 amide bonds. The van der Waals surface area contributed by atoms with Crippen LogP contribution in [0.15, 0.2) is 52.4 Å². The second-order valence-corrected chi connectivity index (χ2v) is 7.36. The maximum absolute atomic E-state index is 12.5. The zero-order valence-electron chi connectivity index (χ0n) is 12.5. The van der Waals surface area contributed by atoms with E-state index in [1.54, 1.807) is 11.3 Å². The lowest BCUT2D eigenvalue weighted by Crippen LogP contribution is -2.08. The Bertz CT molecular complexity index is 894. The molecule has 1 aromatic carbocycles. The first-order valence-corrected chi connectivity index (χ1v) is 8.72. The van der Waals surface area contributed by atoms with Gasteiger partial charge >= 0.3 is 0 Å². The van der Waals surface area contributed by atoms with E-state index in [0.29, 0.717) is 10.5 Å². The number of nitrogens with one attached hydrogen (secondary N) is 1. The topological polar surface area (TPSA) is 45.8 Å². The highest BCUT2D eigenvalue weighted by atomic mass is 32.2. The Balaban J connectivity index is 2.15. The van der Waals surface area contributed by atoms with E-state index >= 15 is 0 Å². The third kappa shape index (κ3) is 2.87. The smallest absolute Gasteiger partial charge is 0.260 e. The molecule has 0 bridgehead atoms. The lowest BCUT2D eigenvalue weighted by molar-refractivity contribution is 0.981. The molecule has 22 heavy (non-hydrogen) atoms. The van der Waals surface area contributed by atoms with Crippen LogP contribution in [0.1, 0.15) is 11.8 Å². The first-order chi connectivity index (χ1) is 10.6. The predicted molar refractivity (Wildman–Crippen MR) is 96.0 cm³/mol. The number of aryl methyl sites for hydroxylation is 1. The fraction of sp³-hybridized carbons (Fsp3) is 0.176. The van der Waals surface area contributed by atoms with Gasteiger partial charge in [-0.15, -0.1) is 11.3 Å². The van der Waals surface area contributed by atoms with Crippen molar-refractivity contribution in [2.45, 2.75) is 19.0 Å². The number of rotatable bonds is 4. The molecule has 0 radical (unpaired) electrons. The van der Waals surface area contributed by atoms with Gasteiger partial charge in [0.25, 0.3) is 5.56 Å². The number of hydrogen-bond donors (Lipinski definition) is 1. The number of H-pyrrole nitrogens is 1. The minimum atomic E-state index is -0.0718. The summed E-state index contributed by atoms with van der Waals surface area (Å²) in [6, 6.07) is 9.99. The average Bonchev–Trinajstić information content (AvgIpc) is 2.82. The number of aromatic nitrogens is 2. The lowest BCUT2D eigenvalue weighted by Gasteiger charge is -2.02. The molecule has 2 aromatic heterocycles. The van der Waals surface area contributed by atoms with Gasteiger partial charge in [-0.1, -0.05) is 54.2 Å². The van der Waals surface area contributed by atoms with E-state index in [1.165, 1.54) is 11.8 Å². The Morgan fingerprint density at radius 2 is 2.09 bits per heavy atom. The van der Waals surface area contributed by atoms with Gasteiger partial charge in [0.2, 0.25) is 0 Å². The molecule has 3 nitrogen and oxygen atoms in total. The van der Waals surface area contributed by atoms with Crippen molar-refractivity contribution < 1.29 is 0 Å². The Morgan fingerprint density at radius 1 is 1.36 bits per heavy atom. The molecule has 0 spiro atoms. The maximum Gasteiger partial charge on any atom is 0.260 e. The van der Waals surface area contributed by atoms with Crippen LogP contribution >= 0.6 is 23.1 Å². The molecule has 112 valence electrons. The molecule has 2 heterocycles. The van der Waals surface area contributed by atoms with Gasteiger partial charge in [0.15, 0.2) is 5.16 Å². The van der Waals surface area contributed by atoms with Gasteiger partial charge in [0.1, 0.15) is 4.83 Å². The molecule has 0 aliphatic carbocycles. The van der Waals surface area contributed by atoms with Gasteiger partial charge in [0.05, 0.1) is 5.39 Å². The van der Waals surface area contributed by atoms with Crippen molar-refractivity contribution in [3.05, 3.63) is 57.7 Å². The van der Waals surface area contributed by atoms with Crippen molar-refractivity contribution in [2.75, 3.05) is 5.75 Å². The third-order valence-electron chi connectivity index (χ3n) is 3.23. The molecule has 0 aliphatic rings. The van der Waals surface area contributed by atoms with Gasteiger partial charge in [-0.05, 0) is 19.4 Å². The summed E-state index contributed by atoms with van der Waals surface area (Å²) >= 11 is 3.08. The number of benzene rings is 1. The van der Waals surface area contributed by atoms with E-state index < -0.39 is 0 Å². The highest BCUT2D eigenvalue weighted by molar-refractivity contribution is 7.99. The minimum absolute atomic E-state index is 0.0718. The Hall–Kier alpha value is -1.85. The van der Waals surface area contributed by atoms with Crippen molar-refractivity contribution >= 4 is 33.3 Å². The van der Waals surface area contributed by atoms with Gasteiger partial charge in [0, 0.05) is 16.2 Å². The molecule has 0 saturated heterocycles. The van der Waals surface area contributed by atoms with Crippen molar-refractivity contribution in [1.82, 2.24) is 9.97 Å². The van der Waals surface area contributed by atoms with E-state index in [4.69, 9.17) is 0 Å². The quantitative estimate of drug-likeness (QED) is 0.431. The summed E-state index contributed by atoms with van der Waals surface area (Å²) in [6.07, 6.45) is 0. The van der Waals surface area contributed by atoms with Crippen molar-refractivity contribution in [3.63, 3.8) is 0 Å². The SMILES string of the molecule is C=C(C)CSc1nc2sc(C)c(-c3ccccc3)c2c(=O)[nH]1. The van der Waals surface area contributed by atoms with Crippen molar-refractivity contribution in [1.29, 1.82) is 0 Å². The number of fused-ring (bicyclic) bond motifs is 1. The van der Waals surface area contributed by atoms with Gasteiger partial charge < -0.3 is 4.98 Å². The molecule has 3 rings (SSSR count). The second-order valence-electron chi connectivity index (χ2n) is 5.20. The molecular formula is C17H16N2OS2. The van der Waals surface area contributed by atoms with Gasteiger partial charge in [-0.25, -0.2) is 4.98 Å². The Kier molecular flexibility index (Phi) is 4.18. The van der Waals surface area contributed by atoms with Crippen LogP contribution in [0.4, 0.5) is 0 Å². The highest BCUT2D eigenvalue weighted by Gasteiger charge is 2.16. The average molecular weight is 328 g/mol. The number of thioether (sulfide) groups is 1. The first kappa shape index (κ1) is 15.1. The molecule has 1 N–H and O–H groups in total. The zero-order valence-corrected chi connectivity index (χ0v) is 14.1. The van der Waals surface area contributed by atoms with E-state index in [1.807, 2.05) is 44.2 Å². The van der Waals surface area contributed by atoms with Crippen LogP contribution in [-0.4, -0.2) is 15.7 Å². The normalized spacial score (nSPS) is 11.0. The van der Waals surface area contributed by atoms with E-state index in [0.717, 1.165) is 32.2 Å². The Labute approximate surface area is 137 Å². The van der Waals surface area contributed by atoms with Crippen LogP contribution in [0.3, 0.4) is 0 Å². The zero-order chi connectivity index (χ0) is 15.7. The lowest BCUT2D eigenvalue weighted by atomic mass is 10.0. The third-order valence-corrected chi connectivity index (χ3v) is 5.34. The molecule has 5 heteroatoms. The van der Waals surface area contributed by atoms with Crippen LogP contribution in [0.2, 0.25) is 0 Å². The first-order valence-electron chi connectivity index (χ1n) is 6.92. The number of hydrogen-bond acceptors (Lipinski definition) is 4. The second kappa shape index (κ2) is 6.10. The van der Waals surface area contributed by atoms with E-state index in [9.17, 15) is 4.79 Å². The number of thiophene rings is 1. The van der Waals surface area contributed by atoms with Crippen LogP contribution in [0, 0.1) is 6.92 Å².